The fourth-order valence-corrected chi connectivity index (χ4v) is 2.82. The van der Waals surface area contributed by atoms with Crippen LogP contribution in [0.15, 0.2) is 47.4 Å². The zero-order valence-electron chi connectivity index (χ0n) is 11.5. The minimum absolute atomic E-state index is 0.00791. The number of fused-ring (bicyclic) bond motifs is 3. The van der Waals surface area contributed by atoms with Crippen molar-refractivity contribution in [3.05, 3.63) is 69.6 Å². The van der Waals surface area contributed by atoms with Crippen molar-refractivity contribution >= 4 is 33.4 Å². The maximum atomic E-state index is 13.8. The molecule has 0 atom stereocenters. The molecule has 0 spiro atoms. The molecule has 4 nitrogen and oxygen atoms in total. The van der Waals surface area contributed by atoms with Crippen molar-refractivity contribution in [2.75, 3.05) is 0 Å². The van der Waals surface area contributed by atoms with Crippen molar-refractivity contribution < 1.29 is 8.78 Å². The average molecular weight is 332 g/mol. The Morgan fingerprint density at radius 3 is 2.70 bits per heavy atom. The van der Waals surface area contributed by atoms with Gasteiger partial charge in [0, 0.05) is 17.6 Å². The normalized spacial score (nSPS) is 11.4. The highest BCUT2D eigenvalue weighted by atomic mass is 35.5. The third-order valence-electron chi connectivity index (χ3n) is 3.64. The number of aromatic nitrogens is 3. The van der Waals surface area contributed by atoms with E-state index in [0.29, 0.717) is 16.2 Å². The predicted octanol–water partition coefficient (Wildman–Crippen LogP) is 3.80. The van der Waals surface area contributed by atoms with E-state index in [1.165, 1.54) is 10.9 Å². The fraction of sp³-hybridized carbons (Fsp3) is 0. The molecule has 0 aliphatic heterocycles. The molecule has 2 aromatic heterocycles. The van der Waals surface area contributed by atoms with Gasteiger partial charge in [-0.25, -0.2) is 13.5 Å². The van der Waals surface area contributed by atoms with Crippen LogP contribution < -0.4 is 5.56 Å². The maximum Gasteiger partial charge on any atom is 0.280 e. The molecule has 0 bridgehead atoms. The summed E-state index contributed by atoms with van der Waals surface area (Å²) in [6, 6.07) is 8.67. The van der Waals surface area contributed by atoms with Crippen molar-refractivity contribution in [3.8, 4) is 5.69 Å². The minimum atomic E-state index is -0.784. The zero-order valence-corrected chi connectivity index (χ0v) is 12.2. The van der Waals surface area contributed by atoms with Gasteiger partial charge in [-0.3, -0.25) is 14.9 Å². The fourth-order valence-electron chi connectivity index (χ4n) is 2.59. The van der Waals surface area contributed by atoms with E-state index in [9.17, 15) is 13.6 Å². The predicted molar refractivity (Wildman–Crippen MR) is 84.1 cm³/mol. The second-order valence-electron chi connectivity index (χ2n) is 5.03. The summed E-state index contributed by atoms with van der Waals surface area (Å²) in [5.74, 6) is -1.52. The van der Waals surface area contributed by atoms with Crippen LogP contribution >= 0.6 is 11.6 Å². The molecule has 0 fully saturated rings. The average Bonchev–Trinajstić information content (AvgIpc) is 2.85. The number of halogens is 3. The van der Waals surface area contributed by atoms with Gasteiger partial charge in [0.2, 0.25) is 0 Å². The summed E-state index contributed by atoms with van der Waals surface area (Å²) in [6.07, 6.45) is 1.27. The van der Waals surface area contributed by atoms with E-state index >= 15 is 0 Å². The Bertz CT molecular complexity index is 1130. The van der Waals surface area contributed by atoms with Gasteiger partial charge in [-0.15, -0.1) is 0 Å². The molecule has 0 saturated carbocycles. The van der Waals surface area contributed by atoms with Gasteiger partial charge >= 0.3 is 0 Å². The molecule has 0 saturated heterocycles. The lowest BCUT2D eigenvalue weighted by Crippen LogP contribution is -2.14. The van der Waals surface area contributed by atoms with Crippen molar-refractivity contribution in [3.63, 3.8) is 0 Å². The van der Waals surface area contributed by atoms with Crippen LogP contribution in [0, 0.1) is 11.6 Å². The number of H-pyrrole nitrogens is 1. The molecule has 2 aromatic carbocycles. The number of benzene rings is 2. The van der Waals surface area contributed by atoms with E-state index in [-0.39, 0.29) is 16.3 Å². The number of nitrogens with one attached hydrogen (secondary N) is 1. The smallest absolute Gasteiger partial charge is 0.280 e. The molecule has 2 heterocycles. The van der Waals surface area contributed by atoms with E-state index in [1.807, 2.05) is 0 Å². The number of aromatic amines is 1. The van der Waals surface area contributed by atoms with Crippen LogP contribution in [-0.4, -0.2) is 14.8 Å². The molecule has 1 N–H and O–H groups in total. The van der Waals surface area contributed by atoms with Crippen molar-refractivity contribution in [1.29, 1.82) is 0 Å². The Kier molecular flexibility index (Phi) is 2.96. The monoisotopic (exact) mass is 331 g/mol. The van der Waals surface area contributed by atoms with E-state index in [4.69, 9.17) is 11.6 Å². The Morgan fingerprint density at radius 1 is 1.13 bits per heavy atom. The van der Waals surface area contributed by atoms with Gasteiger partial charge in [0.25, 0.3) is 5.56 Å². The van der Waals surface area contributed by atoms with Gasteiger partial charge in [-0.2, -0.15) is 0 Å². The van der Waals surface area contributed by atoms with Gasteiger partial charge in [-0.1, -0.05) is 23.7 Å². The first-order chi connectivity index (χ1) is 11.1. The minimum Gasteiger partial charge on any atom is -0.289 e. The first kappa shape index (κ1) is 13.9. The highest BCUT2D eigenvalue weighted by Gasteiger charge is 2.16. The maximum absolute atomic E-state index is 13.8. The standard InChI is InChI=1S/C16H8ClF2N3O/c17-11-3-1-2-4-13(11)22-16(23)10-7-20-15-9(14(10)21-22)5-8(18)6-12(15)19/h1-7,21H. The number of hydrogen-bond donors (Lipinski definition) is 1. The number of rotatable bonds is 1. The number of nitrogens with zero attached hydrogens (tertiary/aromatic N) is 2. The van der Waals surface area contributed by atoms with Crippen molar-refractivity contribution in [1.82, 2.24) is 14.8 Å². The number of hydrogen-bond acceptors (Lipinski definition) is 2. The quantitative estimate of drug-likeness (QED) is 0.577. The highest BCUT2D eigenvalue weighted by Crippen LogP contribution is 2.25. The van der Waals surface area contributed by atoms with Gasteiger partial charge in [0.15, 0.2) is 5.82 Å². The molecular formula is C16H8ClF2N3O. The Morgan fingerprint density at radius 2 is 1.91 bits per heavy atom. The number of para-hydroxylation sites is 1. The number of pyridine rings is 1. The van der Waals surface area contributed by atoms with Gasteiger partial charge < -0.3 is 0 Å². The Labute approximate surface area is 132 Å². The summed E-state index contributed by atoms with van der Waals surface area (Å²) in [5, 5.41) is 3.66. The second kappa shape index (κ2) is 4.89. The van der Waals surface area contributed by atoms with E-state index < -0.39 is 17.2 Å². The summed E-state index contributed by atoms with van der Waals surface area (Å²) in [6.45, 7) is 0. The van der Waals surface area contributed by atoms with Crippen LogP contribution in [0.4, 0.5) is 8.78 Å². The largest absolute Gasteiger partial charge is 0.289 e. The lowest BCUT2D eigenvalue weighted by molar-refractivity contribution is 0.590. The third kappa shape index (κ3) is 2.03. The molecule has 0 unspecified atom stereocenters. The topological polar surface area (TPSA) is 50.7 Å². The lowest BCUT2D eigenvalue weighted by Gasteiger charge is -2.03. The first-order valence-corrected chi connectivity index (χ1v) is 7.07. The molecule has 0 aliphatic rings. The molecule has 7 heteroatoms. The van der Waals surface area contributed by atoms with Gasteiger partial charge in [-0.05, 0) is 18.2 Å². The summed E-state index contributed by atoms with van der Waals surface area (Å²) in [5.41, 5.74) is 0.345. The lowest BCUT2D eigenvalue weighted by atomic mass is 10.1. The van der Waals surface area contributed by atoms with Crippen LogP contribution in [0.1, 0.15) is 0 Å². The SMILES string of the molecule is O=c1c2cnc3c(F)cc(F)cc3c2[nH]n1-c1ccccc1Cl. The first-order valence-electron chi connectivity index (χ1n) is 6.69. The van der Waals surface area contributed by atoms with Crippen LogP contribution in [-0.2, 0) is 0 Å². The molecule has 114 valence electrons. The van der Waals surface area contributed by atoms with Crippen LogP contribution in [0.5, 0.6) is 0 Å². The third-order valence-corrected chi connectivity index (χ3v) is 3.96. The molecule has 0 radical (unpaired) electrons. The van der Waals surface area contributed by atoms with Gasteiger partial charge in [0.1, 0.15) is 11.3 Å². The summed E-state index contributed by atoms with van der Waals surface area (Å²) in [7, 11) is 0. The Hall–Kier alpha value is -2.73. The molecule has 4 rings (SSSR count). The van der Waals surface area contributed by atoms with Crippen molar-refractivity contribution in [2.24, 2.45) is 0 Å². The Balaban J connectivity index is 2.14. The van der Waals surface area contributed by atoms with E-state index in [0.717, 1.165) is 12.1 Å². The van der Waals surface area contributed by atoms with Crippen LogP contribution in [0.2, 0.25) is 5.02 Å². The zero-order chi connectivity index (χ0) is 16.1. The molecule has 4 aromatic rings. The molecule has 23 heavy (non-hydrogen) atoms. The molecule has 0 amide bonds. The van der Waals surface area contributed by atoms with Crippen molar-refractivity contribution in [2.45, 2.75) is 0 Å². The molecular weight excluding hydrogens is 324 g/mol. The summed E-state index contributed by atoms with van der Waals surface area (Å²) >= 11 is 6.11. The second-order valence-corrected chi connectivity index (χ2v) is 5.44. The van der Waals surface area contributed by atoms with Crippen LogP contribution in [0.25, 0.3) is 27.5 Å². The van der Waals surface area contributed by atoms with Gasteiger partial charge in [0.05, 0.1) is 21.6 Å². The molecule has 0 aliphatic carbocycles. The summed E-state index contributed by atoms with van der Waals surface area (Å²) in [4.78, 5) is 16.5. The van der Waals surface area contributed by atoms with E-state index in [1.54, 1.807) is 24.3 Å². The summed E-state index contributed by atoms with van der Waals surface area (Å²) < 4.78 is 28.6. The highest BCUT2D eigenvalue weighted by molar-refractivity contribution is 6.32. The van der Waals surface area contributed by atoms with Crippen LogP contribution in [0.3, 0.4) is 0 Å². The van der Waals surface area contributed by atoms with E-state index in [2.05, 4.69) is 10.1 Å².